The Morgan fingerprint density at radius 2 is 2.54 bits per heavy atom. The van der Waals surface area contributed by atoms with E-state index in [0.29, 0.717) is 12.2 Å². The van der Waals surface area contributed by atoms with E-state index in [1.165, 1.54) is 4.88 Å². The zero-order valence-electron chi connectivity index (χ0n) is 7.49. The summed E-state index contributed by atoms with van der Waals surface area (Å²) in [7, 11) is 0. The Labute approximate surface area is 87.8 Å². The second-order valence-electron chi connectivity index (χ2n) is 2.78. The molecule has 72 valence electrons. The molecule has 0 radical (unpaired) electrons. The van der Waals surface area contributed by atoms with Crippen LogP contribution in [0.2, 0.25) is 0 Å². The van der Waals surface area contributed by atoms with Crippen molar-refractivity contribution in [2.24, 2.45) is 0 Å². The Bertz CT molecular complexity index is 259. The average Bonchev–Trinajstić information content (AvgIpc) is 2.55. The average molecular weight is 215 g/mol. The molecule has 0 saturated carbocycles. The lowest BCUT2D eigenvalue weighted by molar-refractivity contribution is -0.121. The SMILES string of the molecule is CC(NC(=O)CCS)c1cccs1. The van der Waals surface area contributed by atoms with Crippen LogP contribution in [-0.2, 0) is 4.79 Å². The highest BCUT2D eigenvalue weighted by Crippen LogP contribution is 2.17. The van der Waals surface area contributed by atoms with Gasteiger partial charge in [0.15, 0.2) is 0 Å². The van der Waals surface area contributed by atoms with Gasteiger partial charge in [-0.15, -0.1) is 11.3 Å². The predicted molar refractivity (Wildman–Crippen MR) is 59.3 cm³/mol. The normalized spacial score (nSPS) is 12.5. The van der Waals surface area contributed by atoms with E-state index in [1.54, 1.807) is 11.3 Å². The van der Waals surface area contributed by atoms with Gasteiger partial charge in [0, 0.05) is 11.3 Å². The summed E-state index contributed by atoms with van der Waals surface area (Å²) in [6.45, 7) is 1.99. The van der Waals surface area contributed by atoms with Crippen LogP contribution in [-0.4, -0.2) is 11.7 Å². The Morgan fingerprint density at radius 3 is 3.08 bits per heavy atom. The zero-order chi connectivity index (χ0) is 9.68. The lowest BCUT2D eigenvalue weighted by Crippen LogP contribution is -2.26. The highest BCUT2D eigenvalue weighted by atomic mass is 32.1. The molecule has 1 heterocycles. The van der Waals surface area contributed by atoms with Gasteiger partial charge in [0.2, 0.25) is 5.91 Å². The van der Waals surface area contributed by atoms with E-state index in [1.807, 2.05) is 24.4 Å². The van der Waals surface area contributed by atoms with Gasteiger partial charge in [-0.05, 0) is 24.1 Å². The van der Waals surface area contributed by atoms with Crippen molar-refractivity contribution in [3.8, 4) is 0 Å². The number of carbonyl (C=O) groups is 1. The summed E-state index contributed by atoms with van der Waals surface area (Å²) < 4.78 is 0. The first-order valence-corrected chi connectivity index (χ1v) is 5.69. The molecule has 0 aromatic carbocycles. The molecular weight excluding hydrogens is 202 g/mol. The zero-order valence-corrected chi connectivity index (χ0v) is 9.20. The highest BCUT2D eigenvalue weighted by molar-refractivity contribution is 7.80. The van der Waals surface area contributed by atoms with Gasteiger partial charge in [-0.1, -0.05) is 6.07 Å². The van der Waals surface area contributed by atoms with Crippen LogP contribution < -0.4 is 5.32 Å². The van der Waals surface area contributed by atoms with E-state index in [2.05, 4.69) is 17.9 Å². The Kier molecular flexibility index (Phi) is 4.32. The van der Waals surface area contributed by atoms with Crippen molar-refractivity contribution in [1.29, 1.82) is 0 Å². The summed E-state index contributed by atoms with van der Waals surface area (Å²) in [5.74, 6) is 0.666. The molecule has 0 spiro atoms. The molecule has 0 saturated heterocycles. The molecular formula is C9H13NOS2. The van der Waals surface area contributed by atoms with Gasteiger partial charge in [0.25, 0.3) is 0 Å². The molecule has 13 heavy (non-hydrogen) atoms. The Balaban J connectivity index is 2.42. The van der Waals surface area contributed by atoms with Gasteiger partial charge in [0.05, 0.1) is 6.04 Å². The monoisotopic (exact) mass is 215 g/mol. The number of hydrogen-bond acceptors (Lipinski definition) is 3. The minimum atomic E-state index is 0.0656. The van der Waals surface area contributed by atoms with E-state index in [9.17, 15) is 4.79 Å². The van der Waals surface area contributed by atoms with Crippen LogP contribution in [0.4, 0.5) is 0 Å². The maximum absolute atomic E-state index is 11.2. The van der Waals surface area contributed by atoms with Crippen molar-refractivity contribution in [3.63, 3.8) is 0 Å². The molecule has 1 aromatic heterocycles. The summed E-state index contributed by atoms with van der Waals surface area (Å²) >= 11 is 5.66. The summed E-state index contributed by atoms with van der Waals surface area (Å²) in [4.78, 5) is 12.4. The summed E-state index contributed by atoms with van der Waals surface area (Å²) in [5.41, 5.74) is 0. The van der Waals surface area contributed by atoms with Crippen LogP contribution in [0.5, 0.6) is 0 Å². The second-order valence-corrected chi connectivity index (χ2v) is 4.20. The lowest BCUT2D eigenvalue weighted by atomic mass is 10.2. The predicted octanol–water partition coefficient (Wildman–Crippen LogP) is 2.25. The molecule has 2 nitrogen and oxygen atoms in total. The third-order valence-electron chi connectivity index (χ3n) is 1.69. The molecule has 1 rings (SSSR count). The van der Waals surface area contributed by atoms with Crippen LogP contribution in [0.1, 0.15) is 24.3 Å². The number of nitrogens with one attached hydrogen (secondary N) is 1. The quantitative estimate of drug-likeness (QED) is 0.741. The van der Waals surface area contributed by atoms with E-state index in [4.69, 9.17) is 0 Å². The van der Waals surface area contributed by atoms with Gasteiger partial charge >= 0.3 is 0 Å². The number of thiophene rings is 1. The molecule has 0 fully saturated rings. The molecule has 1 N–H and O–H groups in total. The van der Waals surface area contributed by atoms with Gasteiger partial charge in [-0.3, -0.25) is 4.79 Å². The van der Waals surface area contributed by atoms with Crippen molar-refractivity contribution < 1.29 is 4.79 Å². The first-order chi connectivity index (χ1) is 6.24. The molecule has 1 aromatic rings. The maximum atomic E-state index is 11.2. The van der Waals surface area contributed by atoms with Crippen LogP contribution in [0.25, 0.3) is 0 Å². The summed E-state index contributed by atoms with van der Waals surface area (Å²) in [6.07, 6.45) is 0.485. The van der Waals surface area contributed by atoms with Crippen LogP contribution in [0, 0.1) is 0 Å². The van der Waals surface area contributed by atoms with Gasteiger partial charge in [0.1, 0.15) is 0 Å². The Morgan fingerprint density at radius 1 is 1.77 bits per heavy atom. The number of amides is 1. The van der Waals surface area contributed by atoms with E-state index >= 15 is 0 Å². The summed E-state index contributed by atoms with van der Waals surface area (Å²) in [6, 6.07) is 4.13. The smallest absolute Gasteiger partial charge is 0.221 e. The minimum Gasteiger partial charge on any atom is -0.349 e. The topological polar surface area (TPSA) is 29.1 Å². The Hall–Kier alpha value is -0.480. The highest BCUT2D eigenvalue weighted by Gasteiger charge is 2.08. The molecule has 0 aliphatic heterocycles. The van der Waals surface area contributed by atoms with Crippen LogP contribution in [0.3, 0.4) is 0 Å². The van der Waals surface area contributed by atoms with Gasteiger partial charge in [-0.2, -0.15) is 12.6 Å². The molecule has 4 heteroatoms. The van der Waals surface area contributed by atoms with E-state index in [0.717, 1.165) is 0 Å². The van der Waals surface area contributed by atoms with Crippen LogP contribution >= 0.6 is 24.0 Å². The summed E-state index contributed by atoms with van der Waals surface area (Å²) in [5, 5.41) is 4.92. The van der Waals surface area contributed by atoms with Crippen molar-refractivity contribution in [2.75, 3.05) is 5.75 Å². The fraction of sp³-hybridized carbons (Fsp3) is 0.444. The molecule has 0 bridgehead atoms. The first kappa shape index (κ1) is 10.6. The molecule has 1 amide bonds. The minimum absolute atomic E-state index is 0.0656. The van der Waals surface area contributed by atoms with Crippen molar-refractivity contribution >= 4 is 29.9 Å². The second kappa shape index (κ2) is 5.29. The maximum Gasteiger partial charge on any atom is 0.221 e. The first-order valence-electron chi connectivity index (χ1n) is 4.17. The number of thiol groups is 1. The van der Waals surface area contributed by atoms with Crippen molar-refractivity contribution in [1.82, 2.24) is 5.32 Å². The molecule has 1 unspecified atom stereocenters. The number of rotatable bonds is 4. The largest absolute Gasteiger partial charge is 0.349 e. The lowest BCUT2D eigenvalue weighted by Gasteiger charge is -2.11. The fourth-order valence-electron chi connectivity index (χ4n) is 1.02. The van der Waals surface area contributed by atoms with Crippen molar-refractivity contribution in [2.45, 2.75) is 19.4 Å². The molecule has 1 atom stereocenters. The van der Waals surface area contributed by atoms with Gasteiger partial charge in [-0.25, -0.2) is 0 Å². The van der Waals surface area contributed by atoms with E-state index in [-0.39, 0.29) is 11.9 Å². The van der Waals surface area contributed by atoms with Crippen molar-refractivity contribution in [3.05, 3.63) is 22.4 Å². The molecule has 0 aliphatic carbocycles. The van der Waals surface area contributed by atoms with Gasteiger partial charge < -0.3 is 5.32 Å². The standard InChI is InChI=1S/C9H13NOS2/c1-7(8-3-2-6-13-8)10-9(11)4-5-12/h2-3,6-7,12H,4-5H2,1H3,(H,10,11). The molecule has 0 aliphatic rings. The number of hydrogen-bond donors (Lipinski definition) is 2. The third kappa shape index (κ3) is 3.40. The fourth-order valence-corrected chi connectivity index (χ4v) is 1.96. The van der Waals surface area contributed by atoms with Crippen LogP contribution in [0.15, 0.2) is 17.5 Å². The van der Waals surface area contributed by atoms with E-state index < -0.39 is 0 Å². The number of carbonyl (C=O) groups excluding carboxylic acids is 1. The third-order valence-corrected chi connectivity index (χ3v) is 2.96.